The summed E-state index contributed by atoms with van der Waals surface area (Å²) in [6.07, 6.45) is 9.72. The molecule has 2 N–H and O–H groups in total. The molecule has 0 aromatic heterocycles. The van der Waals surface area contributed by atoms with Gasteiger partial charge < -0.3 is 10.6 Å². The van der Waals surface area contributed by atoms with E-state index in [1.165, 1.54) is 62.7 Å². The Labute approximate surface area is 129 Å². The molecule has 0 radical (unpaired) electrons. The zero-order valence-electron chi connectivity index (χ0n) is 13.4. The molecule has 21 heavy (non-hydrogen) atoms. The first kappa shape index (κ1) is 15.1. The van der Waals surface area contributed by atoms with Crippen LogP contribution in [0.5, 0.6) is 0 Å². The first-order chi connectivity index (χ1) is 10.3. The van der Waals surface area contributed by atoms with Crippen molar-refractivity contribution in [2.45, 2.75) is 64.0 Å². The number of piperidine rings is 1. The van der Waals surface area contributed by atoms with Crippen LogP contribution >= 0.6 is 0 Å². The van der Waals surface area contributed by atoms with Gasteiger partial charge in [-0.3, -0.25) is 0 Å². The molecule has 2 nitrogen and oxygen atoms in total. The van der Waals surface area contributed by atoms with Gasteiger partial charge in [0.15, 0.2) is 0 Å². The van der Waals surface area contributed by atoms with E-state index < -0.39 is 0 Å². The molecule has 1 aliphatic heterocycles. The van der Waals surface area contributed by atoms with Gasteiger partial charge in [0, 0.05) is 18.6 Å². The molecule has 1 heterocycles. The molecule has 1 saturated heterocycles. The highest BCUT2D eigenvalue weighted by Crippen LogP contribution is 2.35. The summed E-state index contributed by atoms with van der Waals surface area (Å²) in [5.74, 6) is 0.974. The fourth-order valence-corrected chi connectivity index (χ4v) is 4.47. The van der Waals surface area contributed by atoms with Gasteiger partial charge in [-0.05, 0) is 62.6 Å². The van der Waals surface area contributed by atoms with Crippen LogP contribution in [0.15, 0.2) is 24.3 Å². The number of hydrogen-bond donors (Lipinski definition) is 1. The number of rotatable bonds is 4. The maximum atomic E-state index is 6.45. The van der Waals surface area contributed by atoms with Gasteiger partial charge in [-0.25, -0.2) is 0 Å². The molecule has 116 valence electrons. The Kier molecular flexibility index (Phi) is 4.97. The van der Waals surface area contributed by atoms with E-state index in [2.05, 4.69) is 36.1 Å². The van der Waals surface area contributed by atoms with Crippen LogP contribution in [0.1, 0.15) is 62.1 Å². The van der Waals surface area contributed by atoms with Crippen molar-refractivity contribution in [1.82, 2.24) is 4.90 Å². The number of likely N-dealkylation sites (tertiary alicyclic amines) is 1. The standard InChI is InChI=1S/C19H30N2/c1-15-7-2-4-10-17(15)18(20)12-14-21-13-6-9-16-8-3-5-11-19(16)21/h2,4,7,10,16,18-19H,3,5-6,8-9,11-14,20H2,1H3/t16-,18?,19-/m1/s1. The molecular weight excluding hydrogens is 256 g/mol. The summed E-state index contributed by atoms with van der Waals surface area (Å²) in [7, 11) is 0. The van der Waals surface area contributed by atoms with Crippen molar-refractivity contribution in [3.05, 3.63) is 35.4 Å². The first-order valence-electron chi connectivity index (χ1n) is 8.81. The van der Waals surface area contributed by atoms with Crippen molar-refractivity contribution < 1.29 is 0 Å². The lowest BCUT2D eigenvalue weighted by atomic mass is 9.78. The smallest absolute Gasteiger partial charge is 0.0309 e. The second kappa shape index (κ2) is 6.93. The minimum atomic E-state index is 0.190. The van der Waals surface area contributed by atoms with E-state index in [9.17, 15) is 0 Å². The molecular formula is C19H30N2. The van der Waals surface area contributed by atoms with E-state index in [1.54, 1.807) is 0 Å². The van der Waals surface area contributed by atoms with Crippen molar-refractivity contribution in [2.75, 3.05) is 13.1 Å². The van der Waals surface area contributed by atoms with Crippen molar-refractivity contribution in [3.63, 3.8) is 0 Å². The monoisotopic (exact) mass is 286 g/mol. The molecule has 1 aromatic rings. The average molecular weight is 286 g/mol. The zero-order chi connectivity index (χ0) is 14.7. The molecule has 3 atom stereocenters. The number of fused-ring (bicyclic) bond motifs is 1. The zero-order valence-corrected chi connectivity index (χ0v) is 13.4. The number of hydrogen-bond acceptors (Lipinski definition) is 2. The van der Waals surface area contributed by atoms with Crippen LogP contribution in [0.4, 0.5) is 0 Å². The van der Waals surface area contributed by atoms with Gasteiger partial charge >= 0.3 is 0 Å². The Morgan fingerprint density at radius 3 is 2.76 bits per heavy atom. The molecule has 2 aliphatic rings. The van der Waals surface area contributed by atoms with Crippen LogP contribution < -0.4 is 5.73 Å². The number of nitrogens with two attached hydrogens (primary N) is 1. The van der Waals surface area contributed by atoms with Crippen molar-refractivity contribution in [1.29, 1.82) is 0 Å². The Hall–Kier alpha value is -0.860. The number of benzene rings is 1. The van der Waals surface area contributed by atoms with Gasteiger partial charge in [0.2, 0.25) is 0 Å². The van der Waals surface area contributed by atoms with Crippen molar-refractivity contribution in [2.24, 2.45) is 11.7 Å². The second-order valence-electron chi connectivity index (χ2n) is 7.04. The third-order valence-corrected chi connectivity index (χ3v) is 5.67. The van der Waals surface area contributed by atoms with Crippen LogP contribution in [0.2, 0.25) is 0 Å². The van der Waals surface area contributed by atoms with Crippen LogP contribution in [-0.2, 0) is 0 Å². The molecule has 1 aromatic carbocycles. The third-order valence-electron chi connectivity index (χ3n) is 5.67. The molecule has 0 amide bonds. The summed E-state index contributed by atoms with van der Waals surface area (Å²) >= 11 is 0. The topological polar surface area (TPSA) is 29.3 Å². The molecule has 1 saturated carbocycles. The highest BCUT2D eigenvalue weighted by atomic mass is 15.2. The quantitative estimate of drug-likeness (QED) is 0.905. The van der Waals surface area contributed by atoms with Crippen molar-refractivity contribution in [3.8, 4) is 0 Å². The predicted molar refractivity (Wildman–Crippen MR) is 89.3 cm³/mol. The van der Waals surface area contributed by atoms with Crippen LogP contribution in [0.25, 0.3) is 0 Å². The molecule has 0 spiro atoms. The fraction of sp³-hybridized carbons (Fsp3) is 0.684. The Morgan fingerprint density at radius 2 is 1.90 bits per heavy atom. The Morgan fingerprint density at radius 1 is 1.14 bits per heavy atom. The average Bonchev–Trinajstić information content (AvgIpc) is 2.53. The van der Waals surface area contributed by atoms with Gasteiger partial charge in [-0.2, -0.15) is 0 Å². The minimum absolute atomic E-state index is 0.190. The van der Waals surface area contributed by atoms with E-state index in [0.717, 1.165) is 18.4 Å². The Bertz CT molecular complexity index is 455. The normalized spacial score (nSPS) is 28.1. The van der Waals surface area contributed by atoms with Gasteiger partial charge in [0.25, 0.3) is 0 Å². The summed E-state index contributed by atoms with van der Waals surface area (Å²) < 4.78 is 0. The van der Waals surface area contributed by atoms with E-state index in [1.807, 2.05) is 0 Å². The second-order valence-corrected chi connectivity index (χ2v) is 7.04. The van der Waals surface area contributed by atoms with Crippen molar-refractivity contribution >= 4 is 0 Å². The maximum Gasteiger partial charge on any atom is 0.0309 e. The van der Waals surface area contributed by atoms with E-state index >= 15 is 0 Å². The molecule has 1 unspecified atom stereocenters. The van der Waals surface area contributed by atoms with Gasteiger partial charge in [-0.1, -0.05) is 37.1 Å². The molecule has 3 rings (SSSR count). The highest BCUT2D eigenvalue weighted by molar-refractivity contribution is 5.28. The van der Waals surface area contributed by atoms with Gasteiger partial charge in [-0.15, -0.1) is 0 Å². The summed E-state index contributed by atoms with van der Waals surface area (Å²) in [5, 5.41) is 0. The van der Waals surface area contributed by atoms with Crippen LogP contribution in [0.3, 0.4) is 0 Å². The molecule has 1 aliphatic carbocycles. The lowest BCUT2D eigenvalue weighted by Crippen LogP contribution is -2.47. The summed E-state index contributed by atoms with van der Waals surface area (Å²) in [4.78, 5) is 2.76. The Balaban J connectivity index is 1.58. The maximum absolute atomic E-state index is 6.45. The number of aryl methyl sites for hydroxylation is 1. The fourth-order valence-electron chi connectivity index (χ4n) is 4.47. The van der Waals surface area contributed by atoms with Crippen LogP contribution in [0, 0.1) is 12.8 Å². The SMILES string of the molecule is Cc1ccccc1C(N)CCN1CCC[C@H]2CCCC[C@H]21. The number of nitrogens with zero attached hydrogens (tertiary/aromatic N) is 1. The van der Waals surface area contributed by atoms with E-state index in [4.69, 9.17) is 5.73 Å². The minimum Gasteiger partial charge on any atom is -0.324 e. The summed E-state index contributed by atoms with van der Waals surface area (Å²) in [6, 6.07) is 9.63. The van der Waals surface area contributed by atoms with Crippen LogP contribution in [-0.4, -0.2) is 24.0 Å². The molecule has 2 heteroatoms. The summed E-state index contributed by atoms with van der Waals surface area (Å²) in [6.45, 7) is 4.64. The van der Waals surface area contributed by atoms with E-state index in [0.29, 0.717) is 0 Å². The molecule has 0 bridgehead atoms. The summed E-state index contributed by atoms with van der Waals surface area (Å²) in [5.41, 5.74) is 9.12. The predicted octanol–water partition coefficient (Wildman–Crippen LogP) is 4.04. The third kappa shape index (κ3) is 3.49. The largest absolute Gasteiger partial charge is 0.324 e. The highest BCUT2D eigenvalue weighted by Gasteiger charge is 2.32. The first-order valence-corrected chi connectivity index (χ1v) is 8.81. The molecule has 2 fully saturated rings. The van der Waals surface area contributed by atoms with E-state index in [-0.39, 0.29) is 6.04 Å². The lowest BCUT2D eigenvalue weighted by molar-refractivity contribution is 0.0586. The van der Waals surface area contributed by atoms with Gasteiger partial charge in [0.1, 0.15) is 0 Å². The van der Waals surface area contributed by atoms with Gasteiger partial charge in [0.05, 0.1) is 0 Å². The lowest BCUT2D eigenvalue weighted by Gasteiger charge is -2.44.